The molecular weight excluding hydrogens is 364 g/mol. The Morgan fingerprint density at radius 1 is 1.11 bits per heavy atom. The topological polar surface area (TPSA) is 52.7 Å². The zero-order chi connectivity index (χ0) is 20.1. The zero-order valence-corrected chi connectivity index (χ0v) is 15.7. The third-order valence-electron chi connectivity index (χ3n) is 4.96. The molecule has 148 valence electrons. The molecule has 0 saturated carbocycles. The summed E-state index contributed by atoms with van der Waals surface area (Å²) in [7, 11) is 1.61. The van der Waals surface area contributed by atoms with Crippen molar-refractivity contribution in [1.82, 2.24) is 9.80 Å². The molecule has 0 atom stereocenters. The molecule has 1 fully saturated rings. The summed E-state index contributed by atoms with van der Waals surface area (Å²) in [4.78, 5) is 28.1. The summed E-state index contributed by atoms with van der Waals surface area (Å²) in [5, 5.41) is 2.84. The maximum atomic E-state index is 13.8. The second kappa shape index (κ2) is 8.82. The summed E-state index contributed by atoms with van der Waals surface area (Å²) in [6, 6.07) is 12.4. The standard InChI is InChI=1S/C21H23F2N3O2/c1-25(14-16-7-8-17(22)13-19(16)23)20(27)15-9-11-26(12-10-15)21(28)24-18-5-3-2-4-6-18/h2-8,13,15H,9-12,14H2,1H3,(H,24,28). The molecule has 0 aliphatic carbocycles. The van der Waals surface area contributed by atoms with Crippen molar-refractivity contribution in [1.29, 1.82) is 0 Å². The van der Waals surface area contributed by atoms with Crippen LogP contribution in [0.2, 0.25) is 0 Å². The lowest BCUT2D eigenvalue weighted by molar-refractivity contribution is -0.136. The van der Waals surface area contributed by atoms with Crippen molar-refractivity contribution < 1.29 is 18.4 Å². The van der Waals surface area contributed by atoms with Crippen LogP contribution in [0.15, 0.2) is 48.5 Å². The van der Waals surface area contributed by atoms with Gasteiger partial charge in [0.2, 0.25) is 5.91 Å². The molecule has 5 nitrogen and oxygen atoms in total. The van der Waals surface area contributed by atoms with Gasteiger partial charge in [0.1, 0.15) is 11.6 Å². The van der Waals surface area contributed by atoms with Crippen LogP contribution in [-0.2, 0) is 11.3 Å². The van der Waals surface area contributed by atoms with Crippen LogP contribution in [0.5, 0.6) is 0 Å². The Kier molecular flexibility index (Phi) is 6.23. The van der Waals surface area contributed by atoms with E-state index in [0.717, 1.165) is 11.8 Å². The van der Waals surface area contributed by atoms with E-state index in [1.807, 2.05) is 30.3 Å². The van der Waals surface area contributed by atoms with E-state index in [9.17, 15) is 18.4 Å². The lowest BCUT2D eigenvalue weighted by atomic mass is 9.95. The summed E-state index contributed by atoms with van der Waals surface area (Å²) < 4.78 is 26.8. The molecule has 2 aromatic rings. The molecule has 1 aliphatic rings. The Hall–Kier alpha value is -2.96. The Morgan fingerprint density at radius 2 is 1.79 bits per heavy atom. The Bertz CT molecular complexity index is 837. The van der Waals surface area contributed by atoms with Crippen molar-refractivity contribution in [3.8, 4) is 0 Å². The van der Waals surface area contributed by atoms with Crippen LogP contribution in [0.1, 0.15) is 18.4 Å². The number of rotatable bonds is 4. The van der Waals surface area contributed by atoms with Gasteiger partial charge < -0.3 is 15.1 Å². The number of halogens is 2. The van der Waals surface area contributed by atoms with Gasteiger partial charge in [-0.15, -0.1) is 0 Å². The summed E-state index contributed by atoms with van der Waals surface area (Å²) in [6.45, 7) is 1.04. The van der Waals surface area contributed by atoms with E-state index < -0.39 is 11.6 Å². The van der Waals surface area contributed by atoms with Crippen molar-refractivity contribution in [2.45, 2.75) is 19.4 Å². The Balaban J connectivity index is 1.51. The van der Waals surface area contributed by atoms with Gasteiger partial charge in [0.15, 0.2) is 0 Å². The minimum Gasteiger partial charge on any atom is -0.341 e. The number of anilines is 1. The first-order valence-corrected chi connectivity index (χ1v) is 9.24. The first-order valence-electron chi connectivity index (χ1n) is 9.24. The highest BCUT2D eigenvalue weighted by molar-refractivity contribution is 5.89. The monoisotopic (exact) mass is 387 g/mol. The van der Waals surface area contributed by atoms with Crippen LogP contribution < -0.4 is 5.32 Å². The number of nitrogens with one attached hydrogen (secondary N) is 1. The van der Waals surface area contributed by atoms with E-state index >= 15 is 0 Å². The number of carbonyl (C=O) groups is 2. The number of amides is 3. The maximum absolute atomic E-state index is 13.8. The van der Waals surface area contributed by atoms with Gasteiger partial charge in [-0.2, -0.15) is 0 Å². The SMILES string of the molecule is CN(Cc1ccc(F)cc1F)C(=O)C1CCN(C(=O)Nc2ccccc2)CC1. The number of para-hydroxylation sites is 1. The van der Waals surface area contributed by atoms with Gasteiger partial charge in [0.05, 0.1) is 0 Å². The fraction of sp³-hybridized carbons (Fsp3) is 0.333. The molecule has 28 heavy (non-hydrogen) atoms. The molecule has 1 heterocycles. The van der Waals surface area contributed by atoms with Crippen molar-refractivity contribution in [3.05, 3.63) is 65.7 Å². The van der Waals surface area contributed by atoms with E-state index in [1.165, 1.54) is 17.0 Å². The minimum atomic E-state index is -0.660. The average molecular weight is 387 g/mol. The van der Waals surface area contributed by atoms with Gasteiger partial charge in [-0.3, -0.25) is 4.79 Å². The normalized spacial score (nSPS) is 14.6. The first-order chi connectivity index (χ1) is 13.4. The second-order valence-electron chi connectivity index (χ2n) is 6.99. The van der Waals surface area contributed by atoms with E-state index in [4.69, 9.17) is 0 Å². The Labute approximate surface area is 162 Å². The number of benzene rings is 2. The van der Waals surface area contributed by atoms with Crippen LogP contribution in [0.4, 0.5) is 19.3 Å². The molecule has 7 heteroatoms. The molecular formula is C21H23F2N3O2. The summed E-state index contributed by atoms with van der Waals surface area (Å²) in [5.41, 5.74) is 1.00. The van der Waals surface area contributed by atoms with Crippen molar-refractivity contribution in [2.75, 3.05) is 25.5 Å². The number of hydrogen-bond acceptors (Lipinski definition) is 2. The van der Waals surface area contributed by atoms with E-state index in [1.54, 1.807) is 11.9 Å². The van der Waals surface area contributed by atoms with Crippen LogP contribution in [-0.4, -0.2) is 41.9 Å². The molecule has 0 unspecified atom stereocenters. The molecule has 1 saturated heterocycles. The lowest BCUT2D eigenvalue weighted by Gasteiger charge is -2.33. The summed E-state index contributed by atoms with van der Waals surface area (Å²) >= 11 is 0. The van der Waals surface area contributed by atoms with Gasteiger partial charge in [0.25, 0.3) is 0 Å². The third kappa shape index (κ3) is 4.85. The van der Waals surface area contributed by atoms with Crippen LogP contribution in [0.3, 0.4) is 0 Å². The number of piperidine rings is 1. The molecule has 1 aliphatic heterocycles. The second-order valence-corrected chi connectivity index (χ2v) is 6.99. The molecule has 2 aromatic carbocycles. The fourth-order valence-electron chi connectivity index (χ4n) is 3.35. The van der Waals surface area contributed by atoms with Gasteiger partial charge >= 0.3 is 6.03 Å². The van der Waals surface area contributed by atoms with Crippen LogP contribution in [0.25, 0.3) is 0 Å². The van der Waals surface area contributed by atoms with E-state index in [0.29, 0.717) is 25.9 Å². The number of nitrogens with zero attached hydrogens (tertiary/aromatic N) is 2. The van der Waals surface area contributed by atoms with Crippen molar-refractivity contribution in [3.63, 3.8) is 0 Å². The molecule has 0 aromatic heterocycles. The van der Waals surface area contributed by atoms with Gasteiger partial charge in [-0.1, -0.05) is 24.3 Å². The lowest BCUT2D eigenvalue weighted by Crippen LogP contribution is -2.44. The molecule has 0 radical (unpaired) electrons. The van der Waals surface area contributed by atoms with Crippen molar-refractivity contribution >= 4 is 17.6 Å². The quantitative estimate of drug-likeness (QED) is 0.866. The number of hydrogen-bond donors (Lipinski definition) is 1. The van der Waals surface area contributed by atoms with Crippen LogP contribution >= 0.6 is 0 Å². The predicted octanol–water partition coefficient (Wildman–Crippen LogP) is 3.87. The average Bonchev–Trinajstić information content (AvgIpc) is 2.70. The van der Waals surface area contributed by atoms with Gasteiger partial charge in [-0.25, -0.2) is 13.6 Å². The Morgan fingerprint density at radius 3 is 2.43 bits per heavy atom. The molecule has 0 bridgehead atoms. The predicted molar refractivity (Wildman–Crippen MR) is 103 cm³/mol. The van der Waals surface area contributed by atoms with Crippen molar-refractivity contribution in [2.24, 2.45) is 5.92 Å². The van der Waals surface area contributed by atoms with E-state index in [2.05, 4.69) is 5.32 Å². The highest BCUT2D eigenvalue weighted by Crippen LogP contribution is 2.21. The first kappa shape index (κ1) is 19.8. The van der Waals surface area contributed by atoms with Gasteiger partial charge in [0, 0.05) is 49.9 Å². The minimum absolute atomic E-state index is 0.0830. The fourth-order valence-corrected chi connectivity index (χ4v) is 3.35. The molecule has 3 amide bonds. The number of carbonyl (C=O) groups excluding carboxylic acids is 2. The van der Waals surface area contributed by atoms with Crippen LogP contribution in [0, 0.1) is 17.6 Å². The maximum Gasteiger partial charge on any atom is 0.321 e. The molecule has 3 rings (SSSR count). The number of urea groups is 1. The molecule has 0 spiro atoms. The summed E-state index contributed by atoms with van der Waals surface area (Å²) in [5.74, 6) is -1.61. The highest BCUT2D eigenvalue weighted by atomic mass is 19.1. The highest BCUT2D eigenvalue weighted by Gasteiger charge is 2.29. The smallest absolute Gasteiger partial charge is 0.321 e. The summed E-state index contributed by atoms with van der Waals surface area (Å²) in [6.07, 6.45) is 1.11. The largest absolute Gasteiger partial charge is 0.341 e. The zero-order valence-electron chi connectivity index (χ0n) is 15.7. The van der Waals surface area contributed by atoms with E-state index in [-0.39, 0.29) is 30.0 Å². The third-order valence-corrected chi connectivity index (χ3v) is 4.96. The molecule has 1 N–H and O–H groups in total. The van der Waals surface area contributed by atoms with Gasteiger partial charge in [-0.05, 0) is 31.0 Å². The number of likely N-dealkylation sites (tertiary alicyclic amines) is 1.